The summed E-state index contributed by atoms with van der Waals surface area (Å²) in [6.45, 7) is 1.24. The predicted octanol–water partition coefficient (Wildman–Crippen LogP) is -0.331. The molecular weight excluding hydrogens is 130 g/mol. The summed E-state index contributed by atoms with van der Waals surface area (Å²) >= 11 is 0. The van der Waals surface area contributed by atoms with Gasteiger partial charge in [-0.1, -0.05) is 0 Å². The molecule has 1 aromatic heterocycles. The van der Waals surface area contributed by atoms with Crippen molar-refractivity contribution in [1.82, 2.24) is 9.78 Å². The topological polar surface area (TPSA) is 50.1 Å². The van der Waals surface area contributed by atoms with Crippen LogP contribution in [-0.4, -0.2) is 27.5 Å². The maximum Gasteiger partial charge on any atom is 0.124 e. The van der Waals surface area contributed by atoms with Crippen LogP contribution in [-0.2, 0) is 6.54 Å². The van der Waals surface area contributed by atoms with Crippen molar-refractivity contribution in [3.05, 3.63) is 12.3 Å². The highest BCUT2D eigenvalue weighted by Gasteiger charge is 2.14. The van der Waals surface area contributed by atoms with E-state index in [4.69, 9.17) is 5.11 Å². The van der Waals surface area contributed by atoms with Crippen molar-refractivity contribution in [3.63, 3.8) is 0 Å². The number of hydrogen-bond acceptors (Lipinski definition) is 3. The molecular formula is C6H9N3O. The van der Waals surface area contributed by atoms with E-state index in [2.05, 4.69) is 10.4 Å². The molecule has 0 bridgehead atoms. The first-order valence-corrected chi connectivity index (χ1v) is 3.30. The zero-order valence-corrected chi connectivity index (χ0v) is 5.49. The van der Waals surface area contributed by atoms with E-state index in [0.717, 1.165) is 5.82 Å². The van der Waals surface area contributed by atoms with Crippen LogP contribution in [0.2, 0.25) is 0 Å². The summed E-state index contributed by atoms with van der Waals surface area (Å²) in [4.78, 5) is 0. The molecule has 0 aromatic carbocycles. The number of aliphatic hydroxyl groups is 1. The standard InChI is InChI=1S/C6H9N3O/c10-5-3-7-6-1-2-8-9(6)4-5/h1-2,5,7,10H,3-4H2/t5-/m0/s1. The molecule has 1 aromatic rings. The fraction of sp³-hybridized carbons (Fsp3) is 0.500. The van der Waals surface area contributed by atoms with Gasteiger partial charge in [-0.2, -0.15) is 5.10 Å². The van der Waals surface area contributed by atoms with Crippen molar-refractivity contribution in [2.45, 2.75) is 12.6 Å². The molecule has 2 N–H and O–H groups in total. The molecule has 1 aliphatic rings. The van der Waals surface area contributed by atoms with Crippen LogP contribution in [0.4, 0.5) is 5.82 Å². The lowest BCUT2D eigenvalue weighted by Gasteiger charge is -2.20. The van der Waals surface area contributed by atoms with Crippen molar-refractivity contribution in [2.24, 2.45) is 0 Å². The molecule has 4 heteroatoms. The number of hydrogen-bond donors (Lipinski definition) is 2. The third kappa shape index (κ3) is 0.769. The summed E-state index contributed by atoms with van der Waals surface area (Å²) < 4.78 is 1.76. The minimum Gasteiger partial charge on any atom is -0.389 e. The molecule has 0 aliphatic carbocycles. The van der Waals surface area contributed by atoms with Crippen LogP contribution >= 0.6 is 0 Å². The number of β-amino-alcohol motifs (C(OH)–C–C–N with tert-alkyl or cyclic N) is 1. The van der Waals surface area contributed by atoms with E-state index in [9.17, 15) is 0 Å². The number of rotatable bonds is 0. The van der Waals surface area contributed by atoms with Crippen LogP contribution in [0.3, 0.4) is 0 Å². The highest BCUT2D eigenvalue weighted by Crippen LogP contribution is 2.11. The quantitative estimate of drug-likeness (QED) is 0.517. The van der Waals surface area contributed by atoms with Crippen molar-refractivity contribution in [1.29, 1.82) is 0 Å². The Morgan fingerprint density at radius 3 is 3.60 bits per heavy atom. The molecule has 0 unspecified atom stereocenters. The highest BCUT2D eigenvalue weighted by molar-refractivity contribution is 5.35. The SMILES string of the molecule is O[C@H]1CNc2ccnn2C1. The molecule has 1 atom stereocenters. The summed E-state index contributed by atoms with van der Waals surface area (Å²) in [6, 6.07) is 1.89. The van der Waals surface area contributed by atoms with Gasteiger partial charge >= 0.3 is 0 Å². The smallest absolute Gasteiger partial charge is 0.124 e. The van der Waals surface area contributed by atoms with E-state index in [1.807, 2.05) is 6.07 Å². The first-order valence-electron chi connectivity index (χ1n) is 3.30. The van der Waals surface area contributed by atoms with Crippen LogP contribution < -0.4 is 5.32 Å². The van der Waals surface area contributed by atoms with E-state index in [0.29, 0.717) is 13.1 Å². The number of nitrogens with zero attached hydrogens (tertiary/aromatic N) is 2. The van der Waals surface area contributed by atoms with E-state index < -0.39 is 0 Å². The van der Waals surface area contributed by atoms with Gasteiger partial charge in [0.05, 0.1) is 18.8 Å². The van der Waals surface area contributed by atoms with Crippen LogP contribution in [0.5, 0.6) is 0 Å². The number of aliphatic hydroxyl groups excluding tert-OH is 1. The minimum atomic E-state index is -0.299. The van der Waals surface area contributed by atoms with Gasteiger partial charge in [-0.15, -0.1) is 0 Å². The van der Waals surface area contributed by atoms with E-state index in [-0.39, 0.29) is 6.10 Å². The monoisotopic (exact) mass is 139 g/mol. The van der Waals surface area contributed by atoms with Gasteiger partial charge in [0.2, 0.25) is 0 Å². The van der Waals surface area contributed by atoms with Crippen molar-refractivity contribution in [3.8, 4) is 0 Å². The van der Waals surface area contributed by atoms with Crippen molar-refractivity contribution < 1.29 is 5.11 Å². The van der Waals surface area contributed by atoms with Crippen LogP contribution in [0.15, 0.2) is 12.3 Å². The lowest BCUT2D eigenvalue weighted by Crippen LogP contribution is -2.31. The molecule has 0 fully saturated rings. The molecule has 0 spiro atoms. The molecule has 0 radical (unpaired) electrons. The second-order valence-electron chi connectivity index (χ2n) is 2.43. The van der Waals surface area contributed by atoms with E-state index in [1.165, 1.54) is 0 Å². The molecule has 0 amide bonds. The summed E-state index contributed by atoms with van der Waals surface area (Å²) in [5.41, 5.74) is 0. The Labute approximate surface area is 58.5 Å². The third-order valence-electron chi connectivity index (χ3n) is 1.62. The lowest BCUT2D eigenvalue weighted by atomic mass is 10.3. The number of aromatic nitrogens is 2. The van der Waals surface area contributed by atoms with Gasteiger partial charge in [0.25, 0.3) is 0 Å². The molecule has 4 nitrogen and oxygen atoms in total. The molecule has 0 saturated heterocycles. The second kappa shape index (κ2) is 1.98. The highest BCUT2D eigenvalue weighted by atomic mass is 16.3. The molecule has 54 valence electrons. The maximum absolute atomic E-state index is 9.15. The van der Waals surface area contributed by atoms with E-state index >= 15 is 0 Å². The zero-order chi connectivity index (χ0) is 6.97. The largest absolute Gasteiger partial charge is 0.389 e. The first-order chi connectivity index (χ1) is 4.86. The number of anilines is 1. The maximum atomic E-state index is 9.15. The van der Waals surface area contributed by atoms with Gasteiger partial charge in [-0.3, -0.25) is 0 Å². The summed E-state index contributed by atoms with van der Waals surface area (Å²) in [7, 11) is 0. The predicted molar refractivity (Wildman–Crippen MR) is 36.7 cm³/mol. The Hall–Kier alpha value is -1.03. The number of fused-ring (bicyclic) bond motifs is 1. The summed E-state index contributed by atoms with van der Waals surface area (Å²) in [6.07, 6.45) is 1.42. The molecule has 2 rings (SSSR count). The first kappa shape index (κ1) is 5.73. The minimum absolute atomic E-state index is 0.299. The van der Waals surface area contributed by atoms with Crippen molar-refractivity contribution in [2.75, 3.05) is 11.9 Å². The molecule has 1 aliphatic heterocycles. The average molecular weight is 139 g/mol. The zero-order valence-electron chi connectivity index (χ0n) is 5.49. The lowest BCUT2D eigenvalue weighted by molar-refractivity contribution is 0.155. The van der Waals surface area contributed by atoms with Gasteiger partial charge in [0.15, 0.2) is 0 Å². The Morgan fingerprint density at radius 2 is 2.70 bits per heavy atom. The van der Waals surface area contributed by atoms with Gasteiger partial charge in [-0.05, 0) is 0 Å². The fourth-order valence-corrected chi connectivity index (χ4v) is 1.11. The Balaban J connectivity index is 2.30. The van der Waals surface area contributed by atoms with Gasteiger partial charge in [-0.25, -0.2) is 4.68 Å². The van der Waals surface area contributed by atoms with E-state index in [1.54, 1.807) is 10.9 Å². The van der Waals surface area contributed by atoms with Crippen molar-refractivity contribution >= 4 is 5.82 Å². The number of nitrogens with one attached hydrogen (secondary N) is 1. The summed E-state index contributed by atoms with van der Waals surface area (Å²) in [5, 5.41) is 16.2. The summed E-state index contributed by atoms with van der Waals surface area (Å²) in [5.74, 6) is 0.991. The van der Waals surface area contributed by atoms with Crippen LogP contribution in [0, 0.1) is 0 Å². The van der Waals surface area contributed by atoms with Gasteiger partial charge < -0.3 is 10.4 Å². The average Bonchev–Trinajstić information content (AvgIpc) is 2.33. The molecule has 2 heterocycles. The molecule has 0 saturated carbocycles. The Bertz CT molecular complexity index is 233. The normalized spacial score (nSPS) is 23.5. The van der Waals surface area contributed by atoms with Crippen LogP contribution in [0.25, 0.3) is 0 Å². The Morgan fingerprint density at radius 1 is 1.80 bits per heavy atom. The van der Waals surface area contributed by atoms with Gasteiger partial charge in [0.1, 0.15) is 5.82 Å². The van der Waals surface area contributed by atoms with Gasteiger partial charge in [0, 0.05) is 12.6 Å². The Kier molecular flexibility index (Phi) is 1.14. The van der Waals surface area contributed by atoms with Crippen LogP contribution in [0.1, 0.15) is 0 Å². The fourth-order valence-electron chi connectivity index (χ4n) is 1.11. The molecule has 10 heavy (non-hydrogen) atoms. The second-order valence-corrected chi connectivity index (χ2v) is 2.43. The third-order valence-corrected chi connectivity index (χ3v) is 1.62.